The molecule has 0 radical (unpaired) electrons. The van der Waals surface area contributed by atoms with Gasteiger partial charge >= 0.3 is 0 Å². The summed E-state index contributed by atoms with van der Waals surface area (Å²) >= 11 is 0. The Morgan fingerprint density at radius 3 is 2.74 bits per heavy atom. The van der Waals surface area contributed by atoms with Crippen LogP contribution in [0.4, 0.5) is 11.4 Å². The number of hydrogen-bond acceptors (Lipinski definition) is 7. The maximum Gasteiger partial charge on any atom is 0.281 e. The molecule has 0 amide bonds. The molecule has 34 heavy (non-hydrogen) atoms. The third-order valence-electron chi connectivity index (χ3n) is 5.53. The van der Waals surface area contributed by atoms with E-state index in [0.717, 1.165) is 37.5 Å². The molecule has 1 aliphatic carbocycles. The Balaban J connectivity index is 1.79. The number of aromatic hydroxyl groups is 1. The summed E-state index contributed by atoms with van der Waals surface area (Å²) in [6, 6.07) is 4.47. The second-order valence-electron chi connectivity index (χ2n) is 8.80. The number of aromatic nitrogens is 2. The van der Waals surface area contributed by atoms with Crippen molar-refractivity contribution in [1.82, 2.24) is 9.78 Å². The average molecular weight is 506 g/mol. The lowest BCUT2D eigenvalue weighted by atomic mass is 10.1. The maximum absolute atomic E-state index is 13.3. The van der Waals surface area contributed by atoms with E-state index in [1.807, 2.05) is 19.9 Å². The molecule has 0 saturated carbocycles. The van der Waals surface area contributed by atoms with Crippen molar-refractivity contribution < 1.29 is 17.7 Å². The Morgan fingerprint density at radius 2 is 2.09 bits per heavy atom. The number of nitrogens with one attached hydrogen (secondary N) is 2. The Bertz CT molecular complexity index is 1390. The van der Waals surface area contributed by atoms with E-state index in [-0.39, 0.29) is 27.7 Å². The average Bonchev–Trinajstić information content (AvgIpc) is 3.27. The second-order valence-corrected chi connectivity index (χ2v) is 11.7. The highest BCUT2D eigenvalue weighted by molar-refractivity contribution is 7.92. The van der Waals surface area contributed by atoms with Crippen LogP contribution >= 0.6 is 0 Å². The number of fused-ring (bicyclic) bond motifs is 1. The summed E-state index contributed by atoms with van der Waals surface area (Å²) in [6.45, 7) is 4.47. The minimum Gasteiger partial charge on any atom is -0.505 e. The first-order valence-corrected chi connectivity index (χ1v) is 14.0. The van der Waals surface area contributed by atoms with Gasteiger partial charge in [0.15, 0.2) is 22.6 Å². The molecule has 1 unspecified atom stereocenters. The van der Waals surface area contributed by atoms with Gasteiger partial charge in [0.2, 0.25) is 10.0 Å². The predicted molar refractivity (Wildman–Crippen MR) is 133 cm³/mol. The highest BCUT2D eigenvalue weighted by Crippen LogP contribution is 2.35. The molecule has 1 aromatic heterocycles. The maximum atomic E-state index is 13.3. The Kier molecular flexibility index (Phi) is 6.63. The molecular formula is C22H27N5O5S2. The molecule has 1 aromatic carbocycles. The Labute approximate surface area is 200 Å². The number of anilines is 2. The predicted octanol–water partition coefficient (Wildman–Crippen LogP) is 2.83. The fraction of sp³-hybridized carbons (Fsp3) is 0.409. The SMILES string of the molecule is CC(C)CCn1nc(C2=CCCC2)c(O)c(C2=NS(=O)c3cc(NS(C)(=O)=O)ccc3N2)c1=O. The molecule has 3 N–H and O–H groups in total. The third kappa shape index (κ3) is 5.07. The fourth-order valence-electron chi connectivity index (χ4n) is 3.85. The summed E-state index contributed by atoms with van der Waals surface area (Å²) < 4.78 is 43.8. The van der Waals surface area contributed by atoms with Crippen LogP contribution in [0.25, 0.3) is 5.57 Å². The van der Waals surface area contributed by atoms with Crippen molar-refractivity contribution >= 4 is 43.8 Å². The van der Waals surface area contributed by atoms with Crippen LogP contribution in [0, 0.1) is 5.92 Å². The molecule has 0 saturated heterocycles. The first kappa shape index (κ1) is 24.1. The van der Waals surface area contributed by atoms with Gasteiger partial charge in [-0.2, -0.15) is 9.50 Å². The summed E-state index contributed by atoms with van der Waals surface area (Å²) in [7, 11) is -5.44. The molecule has 0 fully saturated rings. The number of hydrogen-bond donors (Lipinski definition) is 3. The largest absolute Gasteiger partial charge is 0.505 e. The third-order valence-corrected chi connectivity index (χ3v) is 7.20. The summed E-state index contributed by atoms with van der Waals surface area (Å²) in [5.74, 6) is 0.0399. The minimum absolute atomic E-state index is 0.0160. The van der Waals surface area contributed by atoms with Gasteiger partial charge in [-0.05, 0) is 55.4 Å². The lowest BCUT2D eigenvalue weighted by molar-refractivity contribution is 0.437. The first-order valence-electron chi connectivity index (χ1n) is 11.0. The fourth-order valence-corrected chi connectivity index (χ4v) is 5.34. The van der Waals surface area contributed by atoms with Crippen molar-refractivity contribution in [3.63, 3.8) is 0 Å². The van der Waals surface area contributed by atoms with Crippen molar-refractivity contribution in [1.29, 1.82) is 0 Å². The van der Waals surface area contributed by atoms with Crippen LogP contribution in [-0.2, 0) is 27.6 Å². The number of amidine groups is 1. The smallest absolute Gasteiger partial charge is 0.281 e. The van der Waals surface area contributed by atoms with Gasteiger partial charge in [-0.15, -0.1) is 0 Å². The van der Waals surface area contributed by atoms with E-state index in [1.165, 1.54) is 16.8 Å². The monoisotopic (exact) mass is 505 g/mol. The number of benzene rings is 1. The van der Waals surface area contributed by atoms with Gasteiger partial charge < -0.3 is 10.4 Å². The Morgan fingerprint density at radius 1 is 1.32 bits per heavy atom. The lowest BCUT2D eigenvalue weighted by Gasteiger charge is -2.20. The first-order chi connectivity index (χ1) is 16.0. The molecule has 10 nitrogen and oxygen atoms in total. The van der Waals surface area contributed by atoms with Crippen LogP contribution in [0.1, 0.15) is 50.8 Å². The molecule has 182 valence electrons. The molecule has 2 heterocycles. The molecule has 4 rings (SSSR count). The van der Waals surface area contributed by atoms with Crippen LogP contribution in [0.5, 0.6) is 5.75 Å². The van der Waals surface area contributed by atoms with Crippen molar-refractivity contribution in [2.24, 2.45) is 10.3 Å². The number of sulfonamides is 1. The summed E-state index contributed by atoms with van der Waals surface area (Å²) in [4.78, 5) is 13.6. The van der Waals surface area contributed by atoms with E-state index in [4.69, 9.17) is 0 Å². The van der Waals surface area contributed by atoms with Crippen LogP contribution < -0.4 is 15.6 Å². The van der Waals surface area contributed by atoms with E-state index in [2.05, 4.69) is 19.5 Å². The zero-order valence-corrected chi connectivity index (χ0v) is 20.8. The highest BCUT2D eigenvalue weighted by Gasteiger charge is 2.28. The lowest BCUT2D eigenvalue weighted by Crippen LogP contribution is -2.34. The number of aryl methyl sites for hydroxylation is 1. The normalized spacial score (nSPS) is 17.7. The van der Waals surface area contributed by atoms with Crippen LogP contribution in [0.15, 0.2) is 38.4 Å². The van der Waals surface area contributed by atoms with E-state index in [0.29, 0.717) is 23.8 Å². The van der Waals surface area contributed by atoms with E-state index in [9.17, 15) is 22.5 Å². The standard InChI is InChI=1S/C22H27N5O5S2/c1-13(2)10-11-27-22(29)18(20(28)19(24-27)14-6-4-5-7-14)21-23-16-9-8-15(26-34(3,31)32)12-17(16)33(30)25-21/h6,8-9,12-13,26,28H,4-5,7,10-11H2,1-3H3,(H,23,25). The summed E-state index contributed by atoms with van der Waals surface area (Å²) in [5.41, 5.74) is 1.24. The van der Waals surface area contributed by atoms with Crippen LogP contribution in [-0.4, -0.2) is 39.6 Å². The molecule has 1 aliphatic heterocycles. The molecule has 2 aliphatic rings. The number of rotatable bonds is 7. The van der Waals surface area contributed by atoms with Gasteiger partial charge in [0.25, 0.3) is 5.56 Å². The second kappa shape index (κ2) is 9.34. The molecule has 0 spiro atoms. The quantitative estimate of drug-likeness (QED) is 0.525. The minimum atomic E-state index is -3.51. The van der Waals surface area contributed by atoms with E-state index < -0.39 is 26.6 Å². The van der Waals surface area contributed by atoms with Gasteiger partial charge in [-0.3, -0.25) is 9.52 Å². The van der Waals surface area contributed by atoms with Crippen molar-refractivity contribution in [3.05, 3.63) is 45.9 Å². The Hall–Kier alpha value is -2.99. The summed E-state index contributed by atoms with van der Waals surface area (Å²) in [6.07, 6.45) is 6.30. The summed E-state index contributed by atoms with van der Waals surface area (Å²) in [5, 5.41) is 18.5. The van der Waals surface area contributed by atoms with Gasteiger partial charge in [0.1, 0.15) is 11.3 Å². The number of nitrogens with zero attached hydrogens (tertiary/aromatic N) is 3. The molecule has 0 bridgehead atoms. The van der Waals surface area contributed by atoms with Crippen molar-refractivity contribution in [2.45, 2.75) is 51.0 Å². The van der Waals surface area contributed by atoms with Crippen LogP contribution in [0.3, 0.4) is 0 Å². The molecule has 1 atom stereocenters. The van der Waals surface area contributed by atoms with Gasteiger partial charge in [0, 0.05) is 12.2 Å². The molecular weight excluding hydrogens is 478 g/mol. The van der Waals surface area contributed by atoms with Gasteiger partial charge in [-0.1, -0.05) is 19.9 Å². The van der Waals surface area contributed by atoms with Crippen molar-refractivity contribution in [3.8, 4) is 5.75 Å². The van der Waals surface area contributed by atoms with Gasteiger partial charge in [0.05, 0.1) is 16.8 Å². The van der Waals surface area contributed by atoms with Crippen LogP contribution in [0.2, 0.25) is 0 Å². The topological polar surface area (TPSA) is 143 Å². The number of allylic oxidation sites excluding steroid dienone is 2. The molecule has 2 aromatic rings. The van der Waals surface area contributed by atoms with E-state index >= 15 is 0 Å². The zero-order chi connectivity index (χ0) is 24.6. The van der Waals surface area contributed by atoms with E-state index in [1.54, 1.807) is 6.07 Å². The zero-order valence-electron chi connectivity index (χ0n) is 19.2. The van der Waals surface area contributed by atoms with Gasteiger partial charge in [-0.25, -0.2) is 17.3 Å². The van der Waals surface area contributed by atoms with Crippen molar-refractivity contribution in [2.75, 3.05) is 16.3 Å². The molecule has 12 heteroatoms. The highest BCUT2D eigenvalue weighted by atomic mass is 32.2.